The van der Waals surface area contributed by atoms with E-state index in [1.807, 2.05) is 72.8 Å². The summed E-state index contributed by atoms with van der Waals surface area (Å²) >= 11 is 0. The summed E-state index contributed by atoms with van der Waals surface area (Å²) in [6.45, 7) is 2.03. The molecule has 0 atom stereocenters. The van der Waals surface area contributed by atoms with Gasteiger partial charge in [0.15, 0.2) is 11.4 Å². The van der Waals surface area contributed by atoms with Crippen LogP contribution >= 0.6 is 0 Å². The predicted molar refractivity (Wildman–Crippen MR) is 111 cm³/mol. The largest absolute Gasteiger partial charge is 0.486 e. The molecule has 0 aliphatic rings. The number of carboxylic acids is 1. The van der Waals surface area contributed by atoms with Gasteiger partial charge in [-0.3, -0.25) is 0 Å². The third kappa shape index (κ3) is 4.04. The highest BCUT2D eigenvalue weighted by Crippen LogP contribution is 2.35. The number of rotatable bonds is 6. The molecule has 0 aliphatic heterocycles. The van der Waals surface area contributed by atoms with Crippen molar-refractivity contribution >= 4 is 16.7 Å². The van der Waals surface area contributed by atoms with Gasteiger partial charge in [0.2, 0.25) is 0 Å². The minimum absolute atomic E-state index is 0.109. The van der Waals surface area contributed by atoms with Crippen LogP contribution in [0.2, 0.25) is 0 Å². The fourth-order valence-corrected chi connectivity index (χ4v) is 3.14. The van der Waals surface area contributed by atoms with Crippen molar-refractivity contribution in [3.8, 4) is 17.2 Å². The minimum atomic E-state index is -1.13. The van der Waals surface area contributed by atoms with Crippen LogP contribution in [0.1, 0.15) is 21.7 Å². The Morgan fingerprint density at radius 1 is 0.897 bits per heavy atom. The number of carbonyl (C=O) groups is 1. The summed E-state index contributed by atoms with van der Waals surface area (Å²) in [6.07, 6.45) is 0. The average Bonchev–Trinajstić information content (AvgIpc) is 2.74. The molecule has 0 unspecified atom stereocenters. The van der Waals surface area contributed by atoms with E-state index in [2.05, 4.69) is 4.98 Å². The van der Waals surface area contributed by atoms with E-state index in [4.69, 9.17) is 9.47 Å². The van der Waals surface area contributed by atoms with Crippen molar-refractivity contribution in [1.82, 2.24) is 4.98 Å². The molecular weight excluding hydrogens is 366 g/mol. The Morgan fingerprint density at radius 3 is 2.28 bits per heavy atom. The van der Waals surface area contributed by atoms with E-state index in [-0.39, 0.29) is 18.1 Å². The van der Waals surface area contributed by atoms with Crippen LogP contribution in [0.4, 0.5) is 0 Å². The van der Waals surface area contributed by atoms with Gasteiger partial charge in [-0.05, 0) is 42.8 Å². The first kappa shape index (κ1) is 18.5. The number of nitrogens with zero attached hydrogens (tertiary/aromatic N) is 1. The Balaban J connectivity index is 1.78. The first-order valence-corrected chi connectivity index (χ1v) is 9.19. The molecule has 4 aromatic rings. The molecule has 29 heavy (non-hydrogen) atoms. The summed E-state index contributed by atoms with van der Waals surface area (Å²) in [5.41, 5.74) is 1.45. The summed E-state index contributed by atoms with van der Waals surface area (Å²) < 4.78 is 11.9. The van der Waals surface area contributed by atoms with Gasteiger partial charge in [0, 0.05) is 16.5 Å². The van der Waals surface area contributed by atoms with Gasteiger partial charge in [-0.25, -0.2) is 9.78 Å². The smallest absolute Gasteiger partial charge is 0.358 e. The number of hydrogen-bond acceptors (Lipinski definition) is 4. The zero-order valence-corrected chi connectivity index (χ0v) is 15.8. The van der Waals surface area contributed by atoms with Crippen molar-refractivity contribution in [2.75, 3.05) is 0 Å². The summed E-state index contributed by atoms with van der Waals surface area (Å²) in [4.78, 5) is 16.1. The van der Waals surface area contributed by atoms with Crippen LogP contribution in [0, 0.1) is 6.92 Å². The van der Waals surface area contributed by atoms with Crippen molar-refractivity contribution in [2.24, 2.45) is 0 Å². The molecule has 0 bridgehead atoms. The Labute approximate surface area is 168 Å². The van der Waals surface area contributed by atoms with Crippen LogP contribution in [0.15, 0.2) is 78.9 Å². The molecule has 5 heteroatoms. The highest BCUT2D eigenvalue weighted by Gasteiger charge is 2.20. The van der Waals surface area contributed by atoms with Crippen molar-refractivity contribution in [2.45, 2.75) is 13.5 Å². The second-order valence-electron chi connectivity index (χ2n) is 6.58. The van der Waals surface area contributed by atoms with Gasteiger partial charge in [-0.2, -0.15) is 0 Å². The predicted octanol–water partition coefficient (Wildman–Crippen LogP) is 5.61. The van der Waals surface area contributed by atoms with Gasteiger partial charge >= 0.3 is 5.97 Å². The summed E-state index contributed by atoms with van der Waals surface area (Å²) in [5.74, 6) is 0.394. The maximum absolute atomic E-state index is 11.8. The molecule has 0 amide bonds. The molecule has 1 N–H and O–H groups in total. The highest BCUT2D eigenvalue weighted by atomic mass is 16.5. The van der Waals surface area contributed by atoms with E-state index < -0.39 is 5.97 Å². The molecule has 5 nitrogen and oxygen atoms in total. The number of hydrogen-bond donors (Lipinski definition) is 1. The van der Waals surface area contributed by atoms with Gasteiger partial charge in [-0.15, -0.1) is 0 Å². The Hall–Kier alpha value is -3.86. The normalized spacial score (nSPS) is 10.7. The molecule has 144 valence electrons. The maximum atomic E-state index is 11.8. The van der Waals surface area contributed by atoms with E-state index in [1.54, 1.807) is 13.0 Å². The van der Waals surface area contributed by atoms with Crippen LogP contribution in [0.25, 0.3) is 10.8 Å². The lowest BCUT2D eigenvalue weighted by Crippen LogP contribution is -2.08. The third-order valence-corrected chi connectivity index (χ3v) is 4.53. The van der Waals surface area contributed by atoms with Crippen LogP contribution in [0.3, 0.4) is 0 Å². The Morgan fingerprint density at radius 2 is 1.59 bits per heavy atom. The van der Waals surface area contributed by atoms with Crippen molar-refractivity contribution < 1.29 is 19.4 Å². The van der Waals surface area contributed by atoms with Gasteiger partial charge in [0.1, 0.15) is 18.1 Å². The number of benzene rings is 3. The van der Waals surface area contributed by atoms with Crippen LogP contribution < -0.4 is 9.47 Å². The number of aromatic nitrogens is 1. The fraction of sp³-hybridized carbons (Fsp3) is 0.0833. The quantitative estimate of drug-likeness (QED) is 0.467. The third-order valence-electron chi connectivity index (χ3n) is 4.53. The van der Waals surface area contributed by atoms with E-state index in [0.29, 0.717) is 22.6 Å². The molecule has 0 saturated carbocycles. The van der Waals surface area contributed by atoms with Gasteiger partial charge in [-0.1, -0.05) is 48.5 Å². The molecule has 0 aliphatic carbocycles. The molecule has 3 aromatic carbocycles. The average molecular weight is 385 g/mol. The first-order valence-electron chi connectivity index (χ1n) is 9.19. The molecule has 4 rings (SSSR count). The molecular formula is C24H19NO4. The molecule has 1 aromatic heterocycles. The van der Waals surface area contributed by atoms with Gasteiger partial charge in [0.05, 0.1) is 0 Å². The van der Waals surface area contributed by atoms with Crippen LogP contribution in [-0.4, -0.2) is 16.1 Å². The molecule has 0 saturated heterocycles. The standard InChI is InChI=1S/C24H19NO4/c1-16-20-13-12-19(29-18-10-6-3-7-11-18)14-21(20)23(22(25-16)24(26)27)28-15-17-8-4-2-5-9-17/h2-14H,15H2,1H3,(H,26,27). The van der Waals surface area contributed by atoms with Crippen molar-refractivity contribution in [1.29, 1.82) is 0 Å². The van der Waals surface area contributed by atoms with E-state index in [1.165, 1.54) is 0 Å². The SMILES string of the molecule is Cc1nc(C(=O)O)c(OCc2ccccc2)c2cc(Oc3ccccc3)ccc12. The second-order valence-corrected chi connectivity index (χ2v) is 6.58. The summed E-state index contributed by atoms with van der Waals surface area (Å²) in [5, 5.41) is 11.1. The number of pyridine rings is 1. The number of para-hydroxylation sites is 1. The van der Waals surface area contributed by atoms with E-state index in [9.17, 15) is 9.90 Å². The Bertz CT molecular complexity index is 1160. The number of ether oxygens (including phenoxy) is 2. The highest BCUT2D eigenvalue weighted by molar-refractivity contribution is 6.00. The first-order chi connectivity index (χ1) is 14.1. The van der Waals surface area contributed by atoms with Crippen LogP contribution in [0.5, 0.6) is 17.2 Å². The van der Waals surface area contributed by atoms with Crippen molar-refractivity contribution in [3.05, 3.63) is 95.8 Å². The topological polar surface area (TPSA) is 68.7 Å². The second kappa shape index (κ2) is 8.02. The Kier molecular flexibility index (Phi) is 5.12. The summed E-state index contributed by atoms with van der Waals surface area (Å²) in [6, 6.07) is 24.5. The minimum Gasteiger partial charge on any atom is -0.486 e. The number of carboxylic acid groups (broad SMARTS) is 1. The summed E-state index contributed by atoms with van der Waals surface area (Å²) in [7, 11) is 0. The lowest BCUT2D eigenvalue weighted by molar-refractivity contribution is 0.0685. The van der Waals surface area contributed by atoms with E-state index in [0.717, 1.165) is 10.9 Å². The number of fused-ring (bicyclic) bond motifs is 1. The van der Waals surface area contributed by atoms with E-state index >= 15 is 0 Å². The number of aryl methyl sites for hydroxylation is 1. The van der Waals surface area contributed by atoms with Crippen LogP contribution in [-0.2, 0) is 6.61 Å². The molecule has 0 spiro atoms. The lowest BCUT2D eigenvalue weighted by Gasteiger charge is -2.15. The molecule has 0 fully saturated rings. The zero-order chi connectivity index (χ0) is 20.2. The molecule has 0 radical (unpaired) electrons. The zero-order valence-electron chi connectivity index (χ0n) is 15.8. The number of aromatic carboxylic acids is 1. The van der Waals surface area contributed by atoms with Gasteiger partial charge < -0.3 is 14.6 Å². The monoisotopic (exact) mass is 385 g/mol. The van der Waals surface area contributed by atoms with Crippen molar-refractivity contribution in [3.63, 3.8) is 0 Å². The molecule has 1 heterocycles. The lowest BCUT2D eigenvalue weighted by atomic mass is 10.1. The van der Waals surface area contributed by atoms with Gasteiger partial charge in [0.25, 0.3) is 0 Å². The fourth-order valence-electron chi connectivity index (χ4n) is 3.14. The maximum Gasteiger partial charge on any atom is 0.358 e.